The van der Waals surface area contributed by atoms with E-state index in [2.05, 4.69) is 32.4 Å². The number of aliphatic carboxylic acids is 1. The van der Waals surface area contributed by atoms with E-state index in [0.29, 0.717) is 0 Å². The van der Waals surface area contributed by atoms with Gasteiger partial charge in [0.1, 0.15) is 0 Å². The standard InChI is InChI=1S/C12H28P.C3H6O3/c1-5-9-13(10-6-2,11-7-3)12-8-4;1-6-2-3(4)5/h5-12H2,1-4H3;2H2,1H3,(H,4,5)/q+1;/p-1. The number of hydrogen-bond donors (Lipinski definition) is 0. The number of carbonyl (C=O) groups excluding carboxylic acids is 1. The Kier molecular flexibility index (Phi) is 15.9. The van der Waals surface area contributed by atoms with Crippen LogP contribution in [0, 0.1) is 0 Å². The van der Waals surface area contributed by atoms with Crippen molar-refractivity contribution < 1.29 is 14.6 Å². The van der Waals surface area contributed by atoms with Crippen LogP contribution in [-0.2, 0) is 9.53 Å². The van der Waals surface area contributed by atoms with Crippen molar-refractivity contribution in [3.05, 3.63) is 0 Å². The zero-order valence-electron chi connectivity index (χ0n) is 13.5. The number of ether oxygens (including phenoxy) is 1. The van der Waals surface area contributed by atoms with Crippen molar-refractivity contribution in [1.29, 1.82) is 0 Å². The number of carboxylic acid groups (broad SMARTS) is 1. The first-order valence-corrected chi connectivity index (χ1v) is 10.1. The van der Waals surface area contributed by atoms with Crippen LogP contribution in [0.15, 0.2) is 0 Å². The second kappa shape index (κ2) is 14.3. The molecule has 0 aliphatic rings. The molecule has 0 heterocycles. The summed E-state index contributed by atoms with van der Waals surface area (Å²) in [6.45, 7) is 9.11. The SMILES string of the molecule is CCC[P+](CCC)(CCC)CCC.COCC(=O)[O-]. The minimum Gasteiger partial charge on any atom is -0.548 e. The first kappa shape index (κ1) is 21.2. The lowest BCUT2D eigenvalue weighted by Gasteiger charge is -2.26. The molecule has 0 aromatic rings. The predicted molar refractivity (Wildman–Crippen MR) is 84.4 cm³/mol. The van der Waals surface area contributed by atoms with Crippen LogP contribution in [0.1, 0.15) is 53.4 Å². The molecule has 0 N–H and O–H groups in total. The van der Waals surface area contributed by atoms with Crippen LogP contribution in [0.25, 0.3) is 0 Å². The fraction of sp³-hybridized carbons (Fsp3) is 0.933. The Labute approximate surface area is 120 Å². The molecule has 0 rings (SSSR count). The van der Waals surface area contributed by atoms with E-state index in [0.717, 1.165) is 0 Å². The topological polar surface area (TPSA) is 49.4 Å². The third-order valence-corrected chi connectivity index (χ3v) is 8.64. The van der Waals surface area contributed by atoms with E-state index in [1.165, 1.54) is 32.8 Å². The quantitative estimate of drug-likeness (QED) is 0.582. The maximum absolute atomic E-state index is 9.36. The summed E-state index contributed by atoms with van der Waals surface area (Å²) >= 11 is 0. The van der Waals surface area contributed by atoms with Crippen LogP contribution in [0.5, 0.6) is 0 Å². The third kappa shape index (κ3) is 12.6. The largest absolute Gasteiger partial charge is 0.548 e. The molecule has 0 saturated heterocycles. The van der Waals surface area contributed by atoms with Gasteiger partial charge in [-0.1, -0.05) is 27.7 Å². The van der Waals surface area contributed by atoms with Gasteiger partial charge in [0.2, 0.25) is 0 Å². The molecule has 0 aliphatic heterocycles. The molecule has 19 heavy (non-hydrogen) atoms. The monoisotopic (exact) mass is 292 g/mol. The first-order chi connectivity index (χ1) is 9.01. The Balaban J connectivity index is 0. The van der Waals surface area contributed by atoms with Crippen molar-refractivity contribution in [3.63, 3.8) is 0 Å². The molecule has 4 heteroatoms. The fourth-order valence-electron chi connectivity index (χ4n) is 2.69. The Morgan fingerprint density at radius 2 is 1.21 bits per heavy atom. The molecule has 0 radical (unpaired) electrons. The molecule has 0 saturated carbocycles. The van der Waals surface area contributed by atoms with Gasteiger partial charge >= 0.3 is 0 Å². The van der Waals surface area contributed by atoms with Gasteiger partial charge in [-0.05, 0) is 25.7 Å². The summed E-state index contributed by atoms with van der Waals surface area (Å²) < 4.78 is 4.14. The molecule has 0 aliphatic carbocycles. The first-order valence-electron chi connectivity index (χ1n) is 7.55. The van der Waals surface area contributed by atoms with E-state index in [4.69, 9.17) is 0 Å². The lowest BCUT2D eigenvalue weighted by molar-refractivity contribution is -0.309. The number of rotatable bonds is 10. The van der Waals surface area contributed by atoms with Crippen molar-refractivity contribution >= 4 is 13.2 Å². The smallest absolute Gasteiger partial charge is 0.0857 e. The Morgan fingerprint density at radius 1 is 0.895 bits per heavy atom. The van der Waals surface area contributed by atoms with Gasteiger partial charge < -0.3 is 14.6 Å². The van der Waals surface area contributed by atoms with Crippen LogP contribution in [0.2, 0.25) is 0 Å². The van der Waals surface area contributed by atoms with Gasteiger partial charge in [-0.3, -0.25) is 0 Å². The van der Waals surface area contributed by atoms with E-state index >= 15 is 0 Å². The van der Waals surface area contributed by atoms with Crippen molar-refractivity contribution in [2.24, 2.45) is 0 Å². The summed E-state index contributed by atoms with van der Waals surface area (Å²) in [7, 11) is 0.805. The highest BCUT2D eigenvalue weighted by molar-refractivity contribution is 7.75. The maximum Gasteiger partial charge on any atom is 0.0857 e. The zero-order valence-corrected chi connectivity index (χ0v) is 14.4. The highest BCUT2D eigenvalue weighted by Gasteiger charge is 2.32. The van der Waals surface area contributed by atoms with E-state index in [9.17, 15) is 9.90 Å². The molecule has 0 aromatic carbocycles. The lowest BCUT2D eigenvalue weighted by Crippen LogP contribution is -2.26. The van der Waals surface area contributed by atoms with Crippen LogP contribution >= 0.6 is 7.26 Å². The van der Waals surface area contributed by atoms with Crippen LogP contribution in [0.3, 0.4) is 0 Å². The van der Waals surface area contributed by atoms with E-state index in [1.807, 2.05) is 0 Å². The number of methoxy groups -OCH3 is 1. The summed E-state index contributed by atoms with van der Waals surface area (Å²) in [6.07, 6.45) is 11.9. The summed E-state index contributed by atoms with van der Waals surface area (Å²) in [5, 5.41) is 9.36. The highest BCUT2D eigenvalue weighted by Crippen LogP contribution is 2.60. The highest BCUT2D eigenvalue weighted by atomic mass is 31.2. The average Bonchev–Trinajstić information content (AvgIpc) is 2.31. The second-order valence-electron chi connectivity index (χ2n) is 5.04. The minimum atomic E-state index is -1.18. The van der Waals surface area contributed by atoms with E-state index in [1.54, 1.807) is 24.6 Å². The zero-order chi connectivity index (χ0) is 15.1. The molecule has 3 nitrogen and oxygen atoms in total. The third-order valence-electron chi connectivity index (χ3n) is 3.05. The molecule has 0 bridgehead atoms. The summed E-state index contributed by atoms with van der Waals surface area (Å²) in [5.74, 6) is -1.18. The number of hydrogen-bond acceptors (Lipinski definition) is 3. The minimum absolute atomic E-state index is 0.319. The van der Waals surface area contributed by atoms with Crippen LogP contribution in [0.4, 0.5) is 0 Å². The lowest BCUT2D eigenvalue weighted by atomic mass is 10.5. The van der Waals surface area contributed by atoms with Crippen molar-refractivity contribution in [1.82, 2.24) is 0 Å². The maximum atomic E-state index is 9.36. The molecule has 0 spiro atoms. The molecule has 0 atom stereocenters. The van der Waals surface area contributed by atoms with Gasteiger partial charge in [0.15, 0.2) is 0 Å². The normalized spacial score (nSPS) is 10.8. The Bertz CT molecular complexity index is 178. The van der Waals surface area contributed by atoms with Gasteiger partial charge in [0.05, 0.1) is 37.2 Å². The summed E-state index contributed by atoms with van der Waals surface area (Å²) in [5.41, 5.74) is 0. The molecular weight excluding hydrogens is 259 g/mol. The summed E-state index contributed by atoms with van der Waals surface area (Å²) in [4.78, 5) is 9.36. The van der Waals surface area contributed by atoms with E-state index in [-0.39, 0.29) is 6.61 Å². The van der Waals surface area contributed by atoms with Gasteiger partial charge in [0.25, 0.3) is 0 Å². The van der Waals surface area contributed by atoms with Gasteiger partial charge in [-0.25, -0.2) is 0 Å². The van der Waals surface area contributed by atoms with Gasteiger partial charge in [-0.2, -0.15) is 0 Å². The van der Waals surface area contributed by atoms with Gasteiger partial charge in [-0.15, -0.1) is 0 Å². The molecule has 0 aromatic heterocycles. The van der Waals surface area contributed by atoms with Crippen molar-refractivity contribution in [2.45, 2.75) is 53.4 Å². The molecule has 0 amide bonds. The Morgan fingerprint density at radius 3 is 1.32 bits per heavy atom. The average molecular weight is 292 g/mol. The van der Waals surface area contributed by atoms with Crippen molar-refractivity contribution in [2.75, 3.05) is 38.4 Å². The predicted octanol–water partition coefficient (Wildman–Crippen LogP) is 3.03. The molecule has 0 unspecified atom stereocenters. The van der Waals surface area contributed by atoms with Crippen LogP contribution < -0.4 is 5.11 Å². The summed E-state index contributed by atoms with van der Waals surface area (Å²) in [6, 6.07) is 0. The molecular formula is C15H33O3P. The molecule has 0 fully saturated rings. The number of carbonyl (C=O) groups is 1. The fourth-order valence-corrected chi connectivity index (χ4v) is 7.82. The van der Waals surface area contributed by atoms with Gasteiger partial charge in [0, 0.05) is 14.4 Å². The van der Waals surface area contributed by atoms with Crippen LogP contribution in [-0.4, -0.2) is 44.3 Å². The molecule has 116 valence electrons. The number of carboxylic acids is 1. The second-order valence-corrected chi connectivity index (χ2v) is 9.51. The Hall–Kier alpha value is -0.140. The van der Waals surface area contributed by atoms with E-state index < -0.39 is 13.2 Å². The van der Waals surface area contributed by atoms with Crippen molar-refractivity contribution in [3.8, 4) is 0 Å².